The molecule has 3 aromatic heterocycles. The van der Waals surface area contributed by atoms with Gasteiger partial charge in [-0.1, -0.05) is 0 Å². The third-order valence-electron chi connectivity index (χ3n) is 7.10. The Hall–Kier alpha value is -3.84. The number of nitrogens with two attached hydrogens (primary N) is 1. The van der Waals surface area contributed by atoms with Crippen LogP contribution in [-0.4, -0.2) is 61.0 Å². The summed E-state index contributed by atoms with van der Waals surface area (Å²) in [5, 5.41) is 8.38. The number of aromatic nitrogens is 4. The number of ether oxygens (including phenoxy) is 1. The number of pyridine rings is 2. The van der Waals surface area contributed by atoms with Gasteiger partial charge in [0.25, 0.3) is 5.91 Å². The molecule has 198 valence electrons. The number of rotatable bonds is 4. The average molecular weight is 529 g/mol. The van der Waals surface area contributed by atoms with E-state index in [0.29, 0.717) is 36.0 Å². The van der Waals surface area contributed by atoms with E-state index < -0.39 is 23.5 Å². The summed E-state index contributed by atoms with van der Waals surface area (Å²) in [6.45, 7) is 0.973. The van der Waals surface area contributed by atoms with E-state index >= 15 is 4.39 Å². The Labute approximate surface area is 213 Å². The average Bonchev–Trinajstić information content (AvgIpc) is 3.49. The van der Waals surface area contributed by atoms with E-state index in [1.165, 1.54) is 17.1 Å². The molecule has 1 aliphatic heterocycles. The molecule has 2 N–H and O–H groups in total. The molecular formula is C25H23F4N7O2. The van der Waals surface area contributed by atoms with Crippen molar-refractivity contribution in [2.75, 3.05) is 25.4 Å². The molecule has 1 spiro atoms. The molecule has 1 saturated carbocycles. The fraction of sp³-hybridized carbons (Fsp3) is 0.360. The van der Waals surface area contributed by atoms with Crippen LogP contribution < -0.4 is 5.73 Å². The van der Waals surface area contributed by atoms with Gasteiger partial charge in [0.1, 0.15) is 11.6 Å². The maximum Gasteiger partial charge on any atom is 0.417 e. The van der Waals surface area contributed by atoms with Gasteiger partial charge in [-0.05, 0) is 31.0 Å². The lowest BCUT2D eigenvalue weighted by molar-refractivity contribution is -0.138. The van der Waals surface area contributed by atoms with Gasteiger partial charge < -0.3 is 10.5 Å². The number of alkyl halides is 3. The fourth-order valence-corrected chi connectivity index (χ4v) is 4.89. The minimum atomic E-state index is -4.54. The van der Waals surface area contributed by atoms with Crippen LogP contribution in [0.1, 0.15) is 34.5 Å². The highest BCUT2D eigenvalue weighted by molar-refractivity contribution is 6.10. The van der Waals surface area contributed by atoms with Crippen molar-refractivity contribution >= 4 is 33.5 Å². The first-order chi connectivity index (χ1) is 18.0. The van der Waals surface area contributed by atoms with Gasteiger partial charge in [-0.2, -0.15) is 18.3 Å². The summed E-state index contributed by atoms with van der Waals surface area (Å²) in [6.07, 6.45) is -0.592. The lowest BCUT2D eigenvalue weighted by atomic mass is 10.1. The van der Waals surface area contributed by atoms with Crippen LogP contribution in [0.2, 0.25) is 0 Å². The minimum Gasteiger partial charge on any atom is -0.383 e. The van der Waals surface area contributed by atoms with Gasteiger partial charge in [-0.15, -0.1) is 0 Å². The molecule has 4 heterocycles. The largest absolute Gasteiger partial charge is 0.417 e. The van der Waals surface area contributed by atoms with E-state index in [9.17, 15) is 18.0 Å². The summed E-state index contributed by atoms with van der Waals surface area (Å²) in [7, 11) is 1.71. The predicted octanol–water partition coefficient (Wildman–Crippen LogP) is 3.68. The number of hydrazine groups is 1. The molecule has 0 radical (unpaired) electrons. The fourth-order valence-electron chi connectivity index (χ4n) is 4.89. The summed E-state index contributed by atoms with van der Waals surface area (Å²) in [5.74, 6) is -1.26. The van der Waals surface area contributed by atoms with E-state index in [0.717, 1.165) is 31.2 Å². The Morgan fingerprint density at radius 3 is 2.68 bits per heavy atom. The number of anilines is 1. The van der Waals surface area contributed by atoms with E-state index in [2.05, 4.69) is 15.1 Å². The first-order valence-corrected chi connectivity index (χ1v) is 12.0. The molecule has 1 aromatic carbocycles. The van der Waals surface area contributed by atoms with Crippen LogP contribution in [0.4, 0.5) is 23.4 Å². The molecule has 9 nitrogen and oxygen atoms in total. The Kier molecular flexibility index (Phi) is 5.54. The van der Waals surface area contributed by atoms with Crippen molar-refractivity contribution < 1.29 is 27.1 Å². The second-order valence-corrected chi connectivity index (χ2v) is 9.70. The Morgan fingerprint density at radius 1 is 1.21 bits per heavy atom. The standard InChI is InChI=1S/C25H23F4N7O2/c1-34-21-17-8-16(19(26)9-20(17)33-22(30)18(21)11-32-34)23(37)36(35-6-7-38-24(13-35)4-5-24)12-15-3-2-14(10-31-15)25(27,28)29/h2-3,8-11H,4-7,12-13H2,1H3,(H2,30,33). The molecule has 2 fully saturated rings. The molecule has 13 heteroatoms. The van der Waals surface area contributed by atoms with Crippen molar-refractivity contribution in [2.45, 2.75) is 31.2 Å². The maximum absolute atomic E-state index is 15.4. The number of hydrogen-bond acceptors (Lipinski definition) is 7. The summed E-state index contributed by atoms with van der Waals surface area (Å²) in [4.78, 5) is 22.1. The minimum absolute atomic E-state index is 0.147. The van der Waals surface area contributed by atoms with E-state index in [1.54, 1.807) is 22.9 Å². The van der Waals surface area contributed by atoms with Crippen LogP contribution in [-0.2, 0) is 24.5 Å². The Bertz CT molecular complexity index is 1560. The van der Waals surface area contributed by atoms with Gasteiger partial charge in [0.2, 0.25) is 0 Å². The normalized spacial score (nSPS) is 17.4. The predicted molar refractivity (Wildman–Crippen MR) is 129 cm³/mol. The van der Waals surface area contributed by atoms with Gasteiger partial charge in [0.05, 0.1) is 58.2 Å². The topological polar surface area (TPSA) is 102 Å². The molecule has 38 heavy (non-hydrogen) atoms. The number of amides is 1. The SMILES string of the molecule is Cn1ncc2c(N)nc3cc(F)c(C(=O)N(Cc4ccc(C(F)(F)F)cn4)N4CCOC5(CC5)C4)cc3c21. The van der Waals surface area contributed by atoms with Crippen molar-refractivity contribution in [1.82, 2.24) is 29.8 Å². The molecule has 0 bridgehead atoms. The second-order valence-electron chi connectivity index (χ2n) is 9.70. The van der Waals surface area contributed by atoms with Crippen LogP contribution in [0, 0.1) is 5.82 Å². The molecule has 4 aromatic rings. The number of benzene rings is 1. The zero-order valence-corrected chi connectivity index (χ0v) is 20.3. The highest BCUT2D eigenvalue weighted by Gasteiger charge is 2.49. The van der Waals surface area contributed by atoms with Crippen molar-refractivity contribution in [3.63, 3.8) is 0 Å². The number of nitrogens with zero attached hydrogens (tertiary/aromatic N) is 6. The lowest BCUT2D eigenvalue weighted by Crippen LogP contribution is -2.54. The molecule has 0 atom stereocenters. The molecule has 6 rings (SSSR count). The highest BCUT2D eigenvalue weighted by Crippen LogP contribution is 2.42. The number of aryl methyl sites for hydroxylation is 1. The highest BCUT2D eigenvalue weighted by atomic mass is 19.4. The quantitative estimate of drug-likeness (QED) is 0.403. The number of carbonyl (C=O) groups excluding carboxylic acids is 1. The molecule has 1 saturated heterocycles. The summed E-state index contributed by atoms with van der Waals surface area (Å²) < 4.78 is 62.0. The molecule has 2 aliphatic rings. The number of morpholine rings is 1. The number of halogens is 4. The van der Waals surface area contributed by atoms with Gasteiger partial charge in [-0.3, -0.25) is 19.5 Å². The monoisotopic (exact) mass is 529 g/mol. The van der Waals surface area contributed by atoms with Crippen LogP contribution in [0.5, 0.6) is 0 Å². The van der Waals surface area contributed by atoms with Crippen molar-refractivity contribution in [2.24, 2.45) is 7.05 Å². The lowest BCUT2D eigenvalue weighted by Gasteiger charge is -2.40. The Morgan fingerprint density at radius 2 is 2.00 bits per heavy atom. The van der Waals surface area contributed by atoms with Gasteiger partial charge in [0, 0.05) is 37.8 Å². The summed E-state index contributed by atoms with van der Waals surface area (Å²) >= 11 is 0. The van der Waals surface area contributed by atoms with E-state index in [4.69, 9.17) is 10.5 Å². The zero-order valence-electron chi connectivity index (χ0n) is 20.3. The number of fused-ring (bicyclic) bond motifs is 3. The van der Waals surface area contributed by atoms with Crippen LogP contribution in [0.25, 0.3) is 21.8 Å². The summed E-state index contributed by atoms with van der Waals surface area (Å²) in [6, 6.07) is 4.71. The first kappa shape index (κ1) is 24.5. The molecule has 1 amide bonds. The Balaban J connectivity index is 1.41. The molecule has 1 aliphatic carbocycles. The second kappa shape index (κ2) is 8.60. The number of carbonyl (C=O) groups is 1. The smallest absolute Gasteiger partial charge is 0.383 e. The van der Waals surface area contributed by atoms with Crippen molar-refractivity contribution in [3.05, 3.63) is 59.3 Å². The number of hydrogen-bond donors (Lipinski definition) is 1. The van der Waals surface area contributed by atoms with Crippen LogP contribution in [0.15, 0.2) is 36.7 Å². The van der Waals surface area contributed by atoms with Gasteiger partial charge >= 0.3 is 6.18 Å². The molecule has 0 unspecified atom stereocenters. The number of nitrogen functional groups attached to an aromatic ring is 1. The zero-order chi connectivity index (χ0) is 26.8. The third-order valence-corrected chi connectivity index (χ3v) is 7.10. The maximum atomic E-state index is 15.4. The van der Waals surface area contributed by atoms with Crippen LogP contribution >= 0.6 is 0 Å². The van der Waals surface area contributed by atoms with E-state index in [-0.39, 0.29) is 34.7 Å². The van der Waals surface area contributed by atoms with Crippen molar-refractivity contribution in [3.8, 4) is 0 Å². The molecular weight excluding hydrogens is 506 g/mol. The third kappa shape index (κ3) is 4.21. The van der Waals surface area contributed by atoms with Crippen molar-refractivity contribution in [1.29, 1.82) is 0 Å². The first-order valence-electron chi connectivity index (χ1n) is 12.0. The summed E-state index contributed by atoms with van der Waals surface area (Å²) in [5.41, 5.74) is 5.65. The van der Waals surface area contributed by atoms with E-state index in [1.807, 2.05) is 0 Å². The van der Waals surface area contributed by atoms with Crippen LogP contribution in [0.3, 0.4) is 0 Å². The van der Waals surface area contributed by atoms with Gasteiger partial charge in [-0.25, -0.2) is 14.4 Å². The van der Waals surface area contributed by atoms with Gasteiger partial charge in [0.15, 0.2) is 0 Å².